The lowest BCUT2D eigenvalue weighted by atomic mass is 10.2. The highest BCUT2D eigenvalue weighted by Crippen LogP contribution is 2.56. The maximum Gasteiger partial charge on any atom is 0.475 e. The van der Waals surface area contributed by atoms with E-state index in [4.69, 9.17) is 19.4 Å². The van der Waals surface area contributed by atoms with Gasteiger partial charge in [-0.25, -0.2) is 9.13 Å². The fraction of sp³-hybridized carbons (Fsp3) is 1.00. The molecule has 4 atom stereocenters. The number of rotatable bonds is 3. The van der Waals surface area contributed by atoms with Crippen molar-refractivity contribution in [3.05, 3.63) is 0 Å². The summed E-state index contributed by atoms with van der Waals surface area (Å²) in [7, 11) is -8.56. The Balaban J connectivity index is 1.83. The summed E-state index contributed by atoms with van der Waals surface area (Å²) >= 11 is 0. The van der Waals surface area contributed by atoms with Crippen LogP contribution >= 0.6 is 15.6 Å². The van der Waals surface area contributed by atoms with Crippen molar-refractivity contribution in [3.8, 4) is 0 Å². The number of fused-ring (bicyclic) bond motifs is 1. The first-order valence-electron chi connectivity index (χ1n) is 4.30. The van der Waals surface area contributed by atoms with E-state index in [2.05, 4.69) is 13.6 Å². The first kappa shape index (κ1) is 12.6. The predicted octanol–water partition coefficient (Wildman–Crippen LogP) is -0.274. The average molecular weight is 276 g/mol. The Bertz CT molecular complexity index is 345. The van der Waals surface area contributed by atoms with Crippen molar-refractivity contribution >= 4 is 15.6 Å². The van der Waals surface area contributed by atoms with Gasteiger partial charge in [0.25, 0.3) is 0 Å². The highest BCUT2D eigenvalue weighted by Gasteiger charge is 2.50. The minimum atomic E-state index is -4.54. The van der Waals surface area contributed by atoms with E-state index in [9.17, 15) is 9.13 Å². The molecule has 2 rings (SSSR count). The standard InChI is InChI=1S/C5H10O9P2/c6-15(7,8)11-2-3-1-4-5(12-3)14-16(9,10)13-4/h3-5H,1-2H2,(H,9,10)(H2,6,7,8). The summed E-state index contributed by atoms with van der Waals surface area (Å²) in [5.74, 6) is 0. The van der Waals surface area contributed by atoms with E-state index in [0.717, 1.165) is 0 Å². The SMILES string of the molecule is O=P(O)(O)OCC1CC2OP(=O)(O)OC2O1. The zero-order valence-electron chi connectivity index (χ0n) is 7.83. The largest absolute Gasteiger partial charge is 0.475 e. The van der Waals surface area contributed by atoms with Gasteiger partial charge >= 0.3 is 15.6 Å². The van der Waals surface area contributed by atoms with Crippen LogP contribution in [0.5, 0.6) is 0 Å². The van der Waals surface area contributed by atoms with Gasteiger partial charge in [-0.15, -0.1) is 0 Å². The molecule has 0 radical (unpaired) electrons. The summed E-state index contributed by atoms with van der Waals surface area (Å²) in [5, 5.41) is 0. The van der Waals surface area contributed by atoms with Crippen molar-refractivity contribution in [2.75, 3.05) is 6.61 Å². The van der Waals surface area contributed by atoms with Crippen LogP contribution in [-0.4, -0.2) is 39.8 Å². The number of hydrogen-bond donors (Lipinski definition) is 3. The molecule has 2 heterocycles. The van der Waals surface area contributed by atoms with Gasteiger partial charge in [0.15, 0.2) is 6.29 Å². The second kappa shape index (κ2) is 4.13. The Morgan fingerprint density at radius 2 is 2.12 bits per heavy atom. The van der Waals surface area contributed by atoms with Gasteiger partial charge in [0.1, 0.15) is 6.10 Å². The number of phosphoric acid groups is 2. The van der Waals surface area contributed by atoms with E-state index in [1.165, 1.54) is 0 Å². The molecule has 0 aromatic carbocycles. The lowest BCUT2D eigenvalue weighted by Crippen LogP contribution is -2.17. The second-order valence-corrected chi connectivity index (χ2v) is 5.96. The maximum absolute atomic E-state index is 10.9. The summed E-state index contributed by atoms with van der Waals surface area (Å²) in [6.07, 6.45) is -2.15. The van der Waals surface area contributed by atoms with E-state index in [1.54, 1.807) is 0 Å². The maximum atomic E-state index is 10.9. The van der Waals surface area contributed by atoms with Crippen molar-refractivity contribution < 1.29 is 42.1 Å². The van der Waals surface area contributed by atoms with E-state index in [-0.39, 0.29) is 13.0 Å². The Morgan fingerprint density at radius 3 is 2.69 bits per heavy atom. The highest BCUT2D eigenvalue weighted by molar-refractivity contribution is 7.47. The Hall–Kier alpha value is 0.180. The van der Waals surface area contributed by atoms with E-state index in [0.29, 0.717) is 0 Å². The molecule has 3 N–H and O–H groups in total. The zero-order chi connectivity index (χ0) is 12.0. The zero-order valence-corrected chi connectivity index (χ0v) is 9.62. The molecule has 2 saturated heterocycles. The van der Waals surface area contributed by atoms with Crippen molar-refractivity contribution in [2.45, 2.75) is 24.9 Å². The lowest BCUT2D eigenvalue weighted by molar-refractivity contribution is -0.0845. The van der Waals surface area contributed by atoms with Crippen LogP contribution in [0.3, 0.4) is 0 Å². The second-order valence-electron chi connectivity index (χ2n) is 3.37. The Morgan fingerprint density at radius 1 is 1.44 bits per heavy atom. The van der Waals surface area contributed by atoms with Gasteiger partial charge in [-0.3, -0.25) is 13.6 Å². The summed E-state index contributed by atoms with van der Waals surface area (Å²) in [6.45, 7) is -0.334. The summed E-state index contributed by atoms with van der Waals surface area (Å²) in [6, 6.07) is 0. The normalized spacial score (nSPS) is 43.6. The molecule has 2 fully saturated rings. The molecule has 16 heavy (non-hydrogen) atoms. The van der Waals surface area contributed by atoms with Crippen LogP contribution in [0.2, 0.25) is 0 Å². The molecule has 0 amide bonds. The molecule has 0 aromatic heterocycles. The van der Waals surface area contributed by atoms with Gasteiger partial charge in [0.05, 0.1) is 12.7 Å². The van der Waals surface area contributed by atoms with Gasteiger partial charge in [0.2, 0.25) is 0 Å². The van der Waals surface area contributed by atoms with Crippen molar-refractivity contribution in [2.24, 2.45) is 0 Å². The van der Waals surface area contributed by atoms with Crippen molar-refractivity contribution in [1.82, 2.24) is 0 Å². The minimum absolute atomic E-state index is 0.176. The third-order valence-electron chi connectivity index (χ3n) is 2.06. The first-order chi connectivity index (χ1) is 7.25. The average Bonchev–Trinajstić information content (AvgIpc) is 2.52. The Kier molecular flexibility index (Phi) is 3.26. The molecule has 94 valence electrons. The minimum Gasteiger partial charge on any atom is -0.344 e. The number of ether oxygens (including phenoxy) is 1. The van der Waals surface area contributed by atoms with Crippen LogP contribution in [0.25, 0.3) is 0 Å². The van der Waals surface area contributed by atoms with Crippen LogP contribution in [0.1, 0.15) is 6.42 Å². The number of phosphoric ester groups is 2. The topological polar surface area (TPSA) is 132 Å². The summed E-state index contributed by atoms with van der Waals surface area (Å²) in [4.78, 5) is 25.8. The van der Waals surface area contributed by atoms with Crippen LogP contribution < -0.4 is 0 Å². The first-order valence-corrected chi connectivity index (χ1v) is 7.33. The molecule has 9 nitrogen and oxygen atoms in total. The van der Waals surface area contributed by atoms with Gasteiger partial charge < -0.3 is 19.4 Å². The van der Waals surface area contributed by atoms with E-state index in [1.807, 2.05) is 0 Å². The van der Waals surface area contributed by atoms with Gasteiger partial charge in [-0.05, 0) is 0 Å². The molecule has 11 heteroatoms. The predicted molar refractivity (Wildman–Crippen MR) is 47.1 cm³/mol. The molecule has 0 saturated carbocycles. The molecule has 2 aliphatic rings. The monoisotopic (exact) mass is 276 g/mol. The molecule has 4 unspecified atom stereocenters. The van der Waals surface area contributed by atoms with Gasteiger partial charge in [0, 0.05) is 6.42 Å². The fourth-order valence-electron chi connectivity index (χ4n) is 1.50. The molecular formula is C5H10O9P2. The summed E-state index contributed by atoms with van der Waals surface area (Å²) < 4.78 is 39.8. The van der Waals surface area contributed by atoms with E-state index < -0.39 is 34.1 Å². The van der Waals surface area contributed by atoms with Crippen LogP contribution in [0, 0.1) is 0 Å². The fourth-order valence-corrected chi connectivity index (χ4v) is 2.89. The third-order valence-corrected chi connectivity index (χ3v) is 3.56. The van der Waals surface area contributed by atoms with Gasteiger partial charge in [-0.1, -0.05) is 0 Å². The van der Waals surface area contributed by atoms with Crippen LogP contribution in [0.4, 0.5) is 0 Å². The lowest BCUT2D eigenvalue weighted by Gasteiger charge is -2.13. The van der Waals surface area contributed by atoms with E-state index >= 15 is 0 Å². The van der Waals surface area contributed by atoms with Crippen molar-refractivity contribution in [1.29, 1.82) is 0 Å². The molecule has 0 aliphatic carbocycles. The van der Waals surface area contributed by atoms with Gasteiger partial charge in [-0.2, -0.15) is 0 Å². The smallest absolute Gasteiger partial charge is 0.344 e. The Labute approximate surface area is 90.1 Å². The molecule has 2 aliphatic heterocycles. The highest BCUT2D eigenvalue weighted by atomic mass is 31.2. The van der Waals surface area contributed by atoms with Crippen molar-refractivity contribution in [3.63, 3.8) is 0 Å². The molecule has 0 spiro atoms. The quantitative estimate of drug-likeness (QED) is 0.595. The number of hydrogen-bond acceptors (Lipinski definition) is 6. The molecule has 0 aromatic rings. The molecule has 0 bridgehead atoms. The third kappa shape index (κ3) is 3.10. The van der Waals surface area contributed by atoms with Crippen LogP contribution in [-0.2, 0) is 27.4 Å². The van der Waals surface area contributed by atoms with Crippen LogP contribution in [0.15, 0.2) is 0 Å². The molecular weight excluding hydrogens is 266 g/mol. The summed E-state index contributed by atoms with van der Waals surface area (Å²) in [5.41, 5.74) is 0.